The number of halogens is 1. The third-order valence-corrected chi connectivity index (χ3v) is 4.11. The van der Waals surface area contributed by atoms with Gasteiger partial charge in [0, 0.05) is 25.7 Å². The van der Waals surface area contributed by atoms with Gasteiger partial charge in [0.15, 0.2) is 0 Å². The number of aliphatic hydroxyl groups excluding tert-OH is 1. The molecule has 1 aliphatic rings. The van der Waals surface area contributed by atoms with Gasteiger partial charge in [0.05, 0.1) is 22.7 Å². The number of nitrogens with zero attached hydrogens (tertiary/aromatic N) is 1. The van der Waals surface area contributed by atoms with Crippen LogP contribution in [0.25, 0.3) is 0 Å². The largest absolute Gasteiger partial charge is 0.392 e. The molecule has 2 rings (SSSR count). The van der Waals surface area contributed by atoms with E-state index >= 15 is 0 Å². The lowest BCUT2D eigenvalue weighted by Crippen LogP contribution is -2.39. The van der Waals surface area contributed by atoms with Crippen molar-refractivity contribution in [1.82, 2.24) is 5.32 Å². The second kappa shape index (κ2) is 5.39. The molecule has 1 amide bonds. The number of carbonyl (C=O) groups is 1. The zero-order valence-corrected chi connectivity index (χ0v) is 12.0. The third-order valence-electron chi connectivity index (χ3n) is 3.81. The number of rotatable bonds is 3. The molecule has 1 heterocycles. The molecule has 0 aromatic heterocycles. The standard InChI is InChI=1S/C14H19ClN2O2/c1-14(13(19)16-2)6-7-17(9-14)12-10(8-18)4-3-5-11(12)15/h3-5,18H,6-9H2,1-2H3,(H,16,19). The second-order valence-electron chi connectivity index (χ2n) is 5.22. The van der Waals surface area contributed by atoms with Crippen molar-refractivity contribution in [2.75, 3.05) is 25.0 Å². The van der Waals surface area contributed by atoms with E-state index in [1.165, 1.54) is 0 Å². The highest BCUT2D eigenvalue weighted by Gasteiger charge is 2.40. The van der Waals surface area contributed by atoms with Crippen molar-refractivity contribution >= 4 is 23.2 Å². The van der Waals surface area contributed by atoms with Crippen molar-refractivity contribution in [2.45, 2.75) is 20.0 Å². The normalized spacial score (nSPS) is 22.6. The predicted octanol–water partition coefficient (Wildman–Crippen LogP) is 1.79. The lowest BCUT2D eigenvalue weighted by molar-refractivity contribution is -0.128. The molecule has 0 spiro atoms. The zero-order chi connectivity index (χ0) is 14.0. The Labute approximate surface area is 118 Å². The number of hydrogen-bond donors (Lipinski definition) is 2. The van der Waals surface area contributed by atoms with Gasteiger partial charge >= 0.3 is 0 Å². The summed E-state index contributed by atoms with van der Waals surface area (Å²) in [5, 5.41) is 12.8. The van der Waals surface area contributed by atoms with Crippen molar-refractivity contribution in [3.8, 4) is 0 Å². The quantitative estimate of drug-likeness (QED) is 0.889. The molecule has 1 saturated heterocycles. The number of anilines is 1. The maximum Gasteiger partial charge on any atom is 0.227 e. The lowest BCUT2D eigenvalue weighted by atomic mass is 9.89. The van der Waals surface area contributed by atoms with E-state index in [-0.39, 0.29) is 12.5 Å². The van der Waals surface area contributed by atoms with Crippen molar-refractivity contribution in [2.24, 2.45) is 5.41 Å². The topological polar surface area (TPSA) is 52.6 Å². The Morgan fingerprint density at radius 1 is 1.58 bits per heavy atom. The zero-order valence-electron chi connectivity index (χ0n) is 11.2. The molecule has 1 aliphatic heterocycles. The molecule has 4 nitrogen and oxygen atoms in total. The van der Waals surface area contributed by atoms with Gasteiger partial charge in [-0.25, -0.2) is 0 Å². The summed E-state index contributed by atoms with van der Waals surface area (Å²) in [7, 11) is 1.66. The van der Waals surface area contributed by atoms with Crippen LogP contribution in [-0.2, 0) is 11.4 Å². The van der Waals surface area contributed by atoms with Gasteiger partial charge < -0.3 is 15.3 Å². The van der Waals surface area contributed by atoms with Crippen molar-refractivity contribution in [1.29, 1.82) is 0 Å². The van der Waals surface area contributed by atoms with Crippen molar-refractivity contribution in [3.05, 3.63) is 28.8 Å². The van der Waals surface area contributed by atoms with Crippen molar-refractivity contribution in [3.63, 3.8) is 0 Å². The smallest absolute Gasteiger partial charge is 0.227 e. The summed E-state index contributed by atoms with van der Waals surface area (Å²) in [4.78, 5) is 14.0. The molecule has 19 heavy (non-hydrogen) atoms. The van der Waals surface area contributed by atoms with Crippen LogP contribution >= 0.6 is 11.6 Å². The fourth-order valence-electron chi connectivity index (χ4n) is 2.68. The van der Waals surface area contributed by atoms with Gasteiger partial charge in [0.2, 0.25) is 5.91 Å². The molecule has 0 bridgehead atoms. The molecule has 1 aromatic carbocycles. The highest BCUT2D eigenvalue weighted by Crippen LogP contribution is 2.38. The number of carbonyl (C=O) groups excluding carboxylic acids is 1. The predicted molar refractivity (Wildman–Crippen MR) is 76.4 cm³/mol. The van der Waals surface area contributed by atoms with E-state index in [0.29, 0.717) is 11.6 Å². The van der Waals surface area contributed by atoms with Gasteiger partial charge in [-0.1, -0.05) is 23.7 Å². The summed E-state index contributed by atoms with van der Waals surface area (Å²) in [5.41, 5.74) is 1.24. The van der Waals surface area contributed by atoms with E-state index in [9.17, 15) is 9.90 Å². The van der Waals surface area contributed by atoms with E-state index < -0.39 is 5.41 Å². The van der Waals surface area contributed by atoms with Crippen LogP contribution in [0.4, 0.5) is 5.69 Å². The summed E-state index contributed by atoms with van der Waals surface area (Å²) in [6, 6.07) is 5.49. The Bertz CT molecular complexity index is 492. The fraction of sp³-hybridized carbons (Fsp3) is 0.500. The summed E-state index contributed by atoms with van der Waals surface area (Å²) in [6.07, 6.45) is 0.781. The fourth-order valence-corrected chi connectivity index (χ4v) is 2.99. The second-order valence-corrected chi connectivity index (χ2v) is 5.62. The lowest BCUT2D eigenvalue weighted by Gasteiger charge is -2.26. The Balaban J connectivity index is 2.29. The average molecular weight is 283 g/mol. The van der Waals surface area contributed by atoms with Gasteiger partial charge in [-0.3, -0.25) is 4.79 Å². The number of nitrogens with one attached hydrogen (secondary N) is 1. The minimum Gasteiger partial charge on any atom is -0.392 e. The average Bonchev–Trinajstić information content (AvgIpc) is 2.80. The summed E-state index contributed by atoms with van der Waals surface area (Å²) < 4.78 is 0. The van der Waals surface area contributed by atoms with Crippen LogP contribution in [0.15, 0.2) is 18.2 Å². The number of benzene rings is 1. The first-order valence-electron chi connectivity index (χ1n) is 6.37. The summed E-state index contributed by atoms with van der Waals surface area (Å²) >= 11 is 6.24. The molecule has 1 fully saturated rings. The number of amides is 1. The molecular weight excluding hydrogens is 264 g/mol. The van der Waals surface area contributed by atoms with Crippen LogP contribution in [-0.4, -0.2) is 31.2 Å². The van der Waals surface area contributed by atoms with Crippen LogP contribution in [0.1, 0.15) is 18.9 Å². The molecule has 0 radical (unpaired) electrons. The van der Waals surface area contributed by atoms with Gasteiger partial charge in [-0.05, 0) is 19.4 Å². The molecule has 0 aliphatic carbocycles. The van der Waals surface area contributed by atoms with E-state index in [2.05, 4.69) is 10.2 Å². The Morgan fingerprint density at radius 3 is 2.95 bits per heavy atom. The third kappa shape index (κ3) is 2.55. The van der Waals surface area contributed by atoms with Gasteiger partial charge in [0.1, 0.15) is 0 Å². The van der Waals surface area contributed by atoms with E-state index in [0.717, 1.165) is 24.2 Å². The van der Waals surface area contributed by atoms with Crippen LogP contribution in [0.3, 0.4) is 0 Å². The van der Waals surface area contributed by atoms with Crippen LogP contribution < -0.4 is 10.2 Å². The van der Waals surface area contributed by atoms with E-state index in [1.54, 1.807) is 7.05 Å². The molecule has 1 unspecified atom stereocenters. The Kier molecular flexibility index (Phi) is 4.02. The highest BCUT2D eigenvalue weighted by atomic mass is 35.5. The van der Waals surface area contributed by atoms with Gasteiger partial charge in [0.25, 0.3) is 0 Å². The summed E-state index contributed by atoms with van der Waals surface area (Å²) in [5.74, 6) is 0.0487. The first kappa shape index (κ1) is 14.2. The van der Waals surface area contributed by atoms with Gasteiger partial charge in [-0.15, -0.1) is 0 Å². The first-order valence-corrected chi connectivity index (χ1v) is 6.75. The van der Waals surface area contributed by atoms with Crippen LogP contribution in [0.2, 0.25) is 5.02 Å². The molecule has 2 N–H and O–H groups in total. The monoisotopic (exact) mass is 282 g/mol. The number of aliphatic hydroxyl groups is 1. The maximum absolute atomic E-state index is 11.9. The highest BCUT2D eigenvalue weighted by molar-refractivity contribution is 6.33. The molecule has 5 heteroatoms. The van der Waals surface area contributed by atoms with Gasteiger partial charge in [-0.2, -0.15) is 0 Å². The Morgan fingerprint density at radius 2 is 2.32 bits per heavy atom. The minimum atomic E-state index is -0.402. The molecule has 0 saturated carbocycles. The molecule has 1 aromatic rings. The first-order chi connectivity index (χ1) is 9.01. The van der Waals surface area contributed by atoms with E-state index in [1.807, 2.05) is 25.1 Å². The van der Waals surface area contributed by atoms with E-state index in [4.69, 9.17) is 11.6 Å². The Hall–Kier alpha value is -1.26. The molecule has 104 valence electrons. The summed E-state index contributed by atoms with van der Waals surface area (Å²) in [6.45, 7) is 3.29. The number of hydrogen-bond acceptors (Lipinski definition) is 3. The molecular formula is C14H19ClN2O2. The van der Waals surface area contributed by atoms with Crippen LogP contribution in [0.5, 0.6) is 0 Å². The number of para-hydroxylation sites is 1. The van der Waals surface area contributed by atoms with Crippen molar-refractivity contribution < 1.29 is 9.90 Å². The maximum atomic E-state index is 11.9. The SMILES string of the molecule is CNC(=O)C1(C)CCN(c2c(Cl)cccc2CO)C1. The minimum absolute atomic E-state index is 0.0487. The van der Waals surface area contributed by atoms with Crippen LogP contribution in [0, 0.1) is 5.41 Å². The molecule has 1 atom stereocenters.